The van der Waals surface area contributed by atoms with Crippen molar-refractivity contribution in [3.8, 4) is 0 Å². The highest BCUT2D eigenvalue weighted by Crippen LogP contribution is 2.60. The third-order valence-corrected chi connectivity index (χ3v) is 31.2. The lowest BCUT2D eigenvalue weighted by molar-refractivity contribution is -0.0669. The van der Waals surface area contributed by atoms with Crippen LogP contribution in [0.4, 0.5) is 35.0 Å². The van der Waals surface area contributed by atoms with Crippen molar-refractivity contribution in [2.24, 2.45) is 0 Å². The number of nitrogens with one attached hydrogen (secondary N) is 1. The fourth-order valence-electron chi connectivity index (χ4n) is 17.6. The van der Waals surface area contributed by atoms with Crippen LogP contribution in [0, 0.1) is 0 Å². The molecule has 7 aliphatic heterocycles. The number of imidazole rings is 5. The fourth-order valence-corrected chi connectivity index (χ4v) is 24.8. The quantitative estimate of drug-likeness (QED) is 0.0186. The Kier molecular flexibility index (Phi) is 30.9. The van der Waals surface area contributed by atoms with Gasteiger partial charge in [-0.1, -0.05) is 0 Å². The van der Waals surface area contributed by atoms with Crippen LogP contribution < -0.4 is 45.7 Å². The molecule has 18 rings (SSSR count). The maximum Gasteiger partial charge on any atom is 0.472 e. The molecule has 32 atom stereocenters. The summed E-state index contributed by atoms with van der Waals surface area (Å²) in [4.78, 5) is 164. The van der Waals surface area contributed by atoms with Crippen LogP contribution in [0.1, 0.15) is 50.7 Å². The van der Waals surface area contributed by atoms with Crippen molar-refractivity contribution in [2.75, 3.05) is 123 Å². The van der Waals surface area contributed by atoms with E-state index in [1.807, 2.05) is 0 Å². The van der Waals surface area contributed by atoms with E-state index in [2.05, 4.69) is 79.7 Å². The Morgan fingerprint density at radius 3 is 1.05 bits per heavy atom. The Balaban J connectivity index is 0.598. The Hall–Kier alpha value is -8.83. The number of aromatic amines is 1. The van der Waals surface area contributed by atoms with Crippen molar-refractivity contribution < 1.29 is 169 Å². The lowest BCUT2D eigenvalue weighted by atomic mass is 10.1. The third kappa shape index (κ3) is 21.3. The number of nitrogens with two attached hydrogens (primary N) is 6. The molecule has 144 heavy (non-hydrogen) atoms. The largest absolute Gasteiger partial charge is 0.472 e. The number of hydrogen-bond donors (Lipinski definition) is 14. The number of phosphoric acid groups is 4. The molecule has 0 aromatic carbocycles. The minimum absolute atomic E-state index is 0.00697. The van der Waals surface area contributed by atoms with Crippen LogP contribution in [-0.2, 0) is 158 Å². The summed E-state index contributed by atoms with van der Waals surface area (Å²) in [5.74, 6) is -0.832. The van der Waals surface area contributed by atoms with E-state index in [1.165, 1.54) is 81.7 Å². The smallest absolute Gasteiger partial charge is 0.394 e. The number of aliphatic hydroxyl groups excluding tert-OH is 1. The van der Waals surface area contributed by atoms with E-state index in [0.717, 1.165) is 64.5 Å². The normalized spacial score (nSPS) is 32.0. The molecule has 18 heterocycles. The van der Waals surface area contributed by atoms with E-state index in [4.69, 9.17) is 174 Å². The number of ether oxygens (including phenoxy) is 13. The van der Waals surface area contributed by atoms with Crippen LogP contribution in [0.15, 0.2) is 78.8 Å². The standard InChI is InChI=1S/C70H94N28O38P6S2/c1-27-41(47(112-2)64(124-27)98-26-89-40-61(98)91-69(76)92-62(40)100)131-137(102,103)119-13-30-42(48(113-3)65(126-30)94-22-85-36-53(72)77-18-81-57(36)94)132-138(104,105)120-14-31-43(49(114-4)66(127-31)95-23-86-37-54(73)78-19-82-58(37)95)133-139(106,107)121-15-32-44(50(115-5)67(128-32)96-24-87-38-55(74)79-20-83-59(38)96)134-140(108,109)122-16-33-45(51(116-6)63(125-33)93-10-8-35(71)90-70(93)101)135-141(110,143)123-17-34-46(136-142(111,144)130-28-9-11-118-29(28)12-99)52(117-7)68(129-34)97-25-88-39-56(75)80-21-84-60(39)97/h8,10,18-34,41-52,63-68,99H,9,11-17H2,1-7H3,(H,102,103)(H,104,105)(H,106,107)(H,108,109)(H,110,143)(H,111,144)(H2,71,90,101)(H2,72,77,81)(H2,73,78,82)(H2,74,79,83)(H2,75,80,84)(H3,76,91,92,100)/t27-,28+,29+,30-,31-,32-,33-,34-,41?,42?,43?,44?,45?,46?,47+,48+,49+,50+,51+,52+,63-,64-,65-,66-,67-,68-,141?,142?/m1/s1. The summed E-state index contributed by atoms with van der Waals surface area (Å²) in [6, 6.07) is 1.22. The second-order valence-corrected chi connectivity index (χ2v) is 43.8. The average molecular weight is 2190 g/mol. The van der Waals surface area contributed by atoms with Gasteiger partial charge in [-0.25, -0.2) is 87.8 Å². The first kappa shape index (κ1) is 105. The molecule has 7 saturated heterocycles. The molecule has 12 unspecified atom stereocenters. The van der Waals surface area contributed by atoms with Gasteiger partial charge in [-0.05, 0) is 36.6 Å². The van der Waals surface area contributed by atoms with Gasteiger partial charge in [0.2, 0.25) is 5.95 Å². The number of H-pyrrole nitrogens is 1. The molecule has 11 aromatic heterocycles. The molecule has 0 radical (unpaired) electrons. The van der Waals surface area contributed by atoms with Crippen molar-refractivity contribution in [3.63, 3.8) is 0 Å². The topological polar surface area (TPSA) is 870 Å². The first-order valence-electron chi connectivity index (χ1n) is 42.7. The van der Waals surface area contributed by atoms with Crippen molar-refractivity contribution in [2.45, 2.75) is 173 Å². The maximum absolute atomic E-state index is 15.2. The molecule has 20 N–H and O–H groups in total. The van der Waals surface area contributed by atoms with Gasteiger partial charge in [-0.3, -0.25) is 82.4 Å². The zero-order chi connectivity index (χ0) is 102. The van der Waals surface area contributed by atoms with Crippen LogP contribution in [0.3, 0.4) is 0 Å². The average Bonchev–Trinajstić information content (AvgIpc) is 2.04. The summed E-state index contributed by atoms with van der Waals surface area (Å²) in [7, 11) is -15.7. The zero-order valence-electron chi connectivity index (χ0n) is 75.7. The number of fused-ring (bicyclic) bond motifs is 5. The van der Waals surface area contributed by atoms with Crippen molar-refractivity contribution >= 4 is 159 Å². The molecule has 66 nitrogen and oxygen atoms in total. The summed E-state index contributed by atoms with van der Waals surface area (Å²) in [5.41, 5.74) is 35.0. The van der Waals surface area contributed by atoms with Gasteiger partial charge < -0.3 is 139 Å². The minimum Gasteiger partial charge on any atom is -0.394 e. The number of nitrogens with zero attached hydrogens (tertiary/aromatic N) is 21. The monoisotopic (exact) mass is 2180 g/mol. The van der Waals surface area contributed by atoms with E-state index in [9.17, 15) is 53.2 Å². The number of aromatic nitrogens is 22. The summed E-state index contributed by atoms with van der Waals surface area (Å²) in [6.45, 7) is -13.5. The van der Waals surface area contributed by atoms with Crippen molar-refractivity contribution in [1.82, 2.24) is 107 Å². The Bertz CT molecular complexity index is 6970. The third-order valence-electron chi connectivity index (χ3n) is 24.1. The molecule has 0 spiro atoms. The number of hydrogen-bond acceptors (Lipinski definition) is 55. The van der Waals surface area contributed by atoms with Crippen LogP contribution >= 0.6 is 44.7 Å². The Morgan fingerprint density at radius 2 is 0.694 bits per heavy atom. The van der Waals surface area contributed by atoms with Gasteiger partial charge in [0.25, 0.3) is 5.56 Å². The van der Waals surface area contributed by atoms with Gasteiger partial charge in [-0.2, -0.15) is 9.97 Å². The predicted octanol–water partition coefficient (Wildman–Crippen LogP) is -1.88. The van der Waals surface area contributed by atoms with E-state index >= 15 is 9.13 Å². The second-order valence-electron chi connectivity index (χ2n) is 32.6. The lowest BCUT2D eigenvalue weighted by Gasteiger charge is -2.30. The fraction of sp³-hybridized carbons (Fsp3) is 0.586. The van der Waals surface area contributed by atoms with E-state index in [-0.39, 0.29) is 104 Å². The molecule has 74 heteroatoms. The van der Waals surface area contributed by atoms with E-state index in [0.29, 0.717) is 0 Å². The number of anilines is 6. The number of aliphatic hydroxyl groups is 1. The Morgan fingerprint density at radius 1 is 0.382 bits per heavy atom. The number of methoxy groups -OCH3 is 6. The minimum atomic E-state index is -5.84. The maximum atomic E-state index is 15.2. The molecule has 0 bridgehead atoms. The van der Waals surface area contributed by atoms with Gasteiger partial charge in [0, 0.05) is 61.9 Å². The molecule has 0 aliphatic carbocycles. The summed E-state index contributed by atoms with van der Waals surface area (Å²) in [6.07, 6.45) is -28.2. The number of nitrogen functional groups attached to an aromatic ring is 6. The lowest BCUT2D eigenvalue weighted by Crippen LogP contribution is -2.40. The summed E-state index contributed by atoms with van der Waals surface area (Å²) < 4.78 is 217. The van der Waals surface area contributed by atoms with Crippen molar-refractivity contribution in [3.05, 3.63) is 90.0 Å². The van der Waals surface area contributed by atoms with Gasteiger partial charge in [0.05, 0.1) is 83.5 Å². The van der Waals surface area contributed by atoms with Crippen LogP contribution in [0.25, 0.3) is 55.8 Å². The van der Waals surface area contributed by atoms with Gasteiger partial charge in [0.1, 0.15) is 163 Å². The van der Waals surface area contributed by atoms with Crippen LogP contribution in [0.2, 0.25) is 0 Å². The number of rotatable bonds is 42. The first-order chi connectivity index (χ1) is 68.6. The predicted molar refractivity (Wildman–Crippen MR) is 486 cm³/mol. The Labute approximate surface area is 817 Å². The molecule has 7 fully saturated rings. The zero-order valence-corrected chi connectivity index (χ0v) is 82.7. The van der Waals surface area contributed by atoms with E-state index in [1.54, 1.807) is 0 Å². The first-order valence-corrected chi connectivity index (χ1v) is 53.9. The molecule has 11 aromatic rings. The molecule has 784 valence electrons. The highest BCUT2D eigenvalue weighted by Gasteiger charge is 2.60. The summed E-state index contributed by atoms with van der Waals surface area (Å²) in [5, 5.41) is 10.0. The van der Waals surface area contributed by atoms with Crippen molar-refractivity contribution in [1.29, 1.82) is 0 Å². The molecular weight excluding hydrogens is 2090 g/mol. The van der Waals surface area contributed by atoms with Gasteiger partial charge in [0.15, 0.2) is 94.4 Å². The number of phosphoric ester groups is 4. The van der Waals surface area contributed by atoms with E-state index < -0.39 is 255 Å². The highest BCUT2D eigenvalue weighted by atomic mass is 32.5. The van der Waals surface area contributed by atoms with Gasteiger partial charge >= 0.3 is 50.4 Å². The second kappa shape index (κ2) is 42.3. The van der Waals surface area contributed by atoms with Crippen LogP contribution in [-0.4, -0.2) is 353 Å². The molecular formula is C70H94N28O38P6S2. The summed E-state index contributed by atoms with van der Waals surface area (Å²) >= 11 is 11.2. The molecule has 0 saturated carbocycles. The van der Waals surface area contributed by atoms with Crippen LogP contribution in [0.5, 0.6) is 0 Å². The molecule has 0 amide bonds. The SMILES string of the molecule is CO[C@H]1C(OP(O)(=S)OC[C@H]2O[C@@H](n3cnc4c(N)ncnc43)[C@@H](OC)C2OP(O)(=S)O[C@H]2CCO[C@H]2CO)[C@@H](COP(=O)(O)OC2[C@@H](COP(=O)(O)OC3[C@@H](COP(=O)(O)OC4[C@@H](COP(=O)(O)OC5[C@@H](C)O[C@@H](n6cnc7c(=O)[nH]c(N)nc76)[C@H]5OC)O[C@@H](n5cnc6c(N)ncnc65)[C@H]4OC)O[C@@H](n4cnc5c(N)ncnc54)[C@H]3OC)O[C@@H](n3cnc4c(N)ncnc43)[C@H]2OC)O[C@H]1n1ccc(N)nc1=O. The highest BCUT2D eigenvalue weighted by molar-refractivity contribution is 8.07. The van der Waals surface area contributed by atoms with Gasteiger partial charge in [-0.15, -0.1) is 0 Å². The molecule has 7 aliphatic rings.